The number of amides is 1. The fourth-order valence-electron chi connectivity index (χ4n) is 5.85. The van der Waals surface area contributed by atoms with Gasteiger partial charge < -0.3 is 9.84 Å². The van der Waals surface area contributed by atoms with Gasteiger partial charge in [-0.2, -0.15) is 0 Å². The SMILES string of the molecule is O=C(O)C1N(C(=O)OCC2c3ccccc3-c3ccccc32)CCC12CCC(F)(F)CC2. The fraction of sp³-hybridized carbons (Fsp3) is 0.440. The molecule has 5 nitrogen and oxygen atoms in total. The molecule has 1 atom stereocenters. The van der Waals surface area contributed by atoms with Crippen LogP contribution in [-0.4, -0.2) is 47.2 Å². The van der Waals surface area contributed by atoms with Crippen molar-refractivity contribution in [2.45, 2.75) is 50.0 Å². The lowest BCUT2D eigenvalue weighted by molar-refractivity contribution is -0.149. The van der Waals surface area contributed by atoms with E-state index in [1.165, 1.54) is 4.90 Å². The number of benzene rings is 2. The van der Waals surface area contributed by atoms with Crippen molar-refractivity contribution >= 4 is 12.1 Å². The number of fused-ring (bicyclic) bond motifs is 3. The highest BCUT2D eigenvalue weighted by atomic mass is 19.3. The number of hydrogen-bond donors (Lipinski definition) is 1. The number of carbonyl (C=O) groups excluding carboxylic acids is 1. The minimum absolute atomic E-state index is 0.0980. The van der Waals surface area contributed by atoms with E-state index < -0.39 is 29.4 Å². The number of carbonyl (C=O) groups is 2. The summed E-state index contributed by atoms with van der Waals surface area (Å²) in [6.45, 7) is 0.306. The van der Waals surface area contributed by atoms with Crippen molar-refractivity contribution in [3.8, 4) is 11.1 Å². The van der Waals surface area contributed by atoms with E-state index in [-0.39, 0.29) is 44.8 Å². The third kappa shape index (κ3) is 3.34. The number of rotatable bonds is 3. The van der Waals surface area contributed by atoms with E-state index in [1.54, 1.807) is 0 Å². The number of carboxylic acid groups (broad SMARTS) is 1. The standard InChI is InChI=1S/C25H25F2NO4/c26-25(27)11-9-24(10-12-25)13-14-28(21(24)22(29)30)23(31)32-15-20-18-7-3-1-5-16(18)17-6-2-4-8-19(17)20/h1-8,20-21H,9-15H2,(H,29,30). The van der Waals surface area contributed by atoms with Gasteiger partial charge in [0.15, 0.2) is 0 Å². The van der Waals surface area contributed by atoms with Gasteiger partial charge in [-0.1, -0.05) is 48.5 Å². The Morgan fingerprint density at radius 2 is 1.50 bits per heavy atom. The van der Waals surface area contributed by atoms with Crippen LogP contribution in [0.2, 0.25) is 0 Å². The lowest BCUT2D eigenvalue weighted by Crippen LogP contribution is -2.50. The Bertz CT molecular complexity index is 1010. The van der Waals surface area contributed by atoms with Crippen molar-refractivity contribution in [2.24, 2.45) is 5.41 Å². The minimum atomic E-state index is -2.76. The molecule has 7 heteroatoms. The number of carboxylic acids is 1. The third-order valence-electron chi connectivity index (χ3n) is 7.52. The molecule has 1 aliphatic heterocycles. The normalized spacial score (nSPS) is 23.1. The molecule has 1 spiro atoms. The first-order chi connectivity index (χ1) is 15.3. The van der Waals surface area contributed by atoms with Crippen LogP contribution in [0.1, 0.15) is 49.1 Å². The summed E-state index contributed by atoms with van der Waals surface area (Å²) in [5, 5.41) is 9.88. The summed E-state index contributed by atoms with van der Waals surface area (Å²) in [6.07, 6.45) is -0.753. The zero-order valence-corrected chi connectivity index (χ0v) is 17.6. The predicted octanol–water partition coefficient (Wildman–Crippen LogP) is 5.29. The summed E-state index contributed by atoms with van der Waals surface area (Å²) in [7, 11) is 0. The van der Waals surface area contributed by atoms with Crippen LogP contribution in [0.15, 0.2) is 48.5 Å². The Morgan fingerprint density at radius 1 is 0.938 bits per heavy atom. The number of nitrogens with zero attached hydrogens (tertiary/aromatic N) is 1. The predicted molar refractivity (Wildman–Crippen MR) is 114 cm³/mol. The smallest absolute Gasteiger partial charge is 0.410 e. The summed E-state index contributed by atoms with van der Waals surface area (Å²) >= 11 is 0. The number of likely N-dealkylation sites (tertiary alicyclic amines) is 1. The Balaban J connectivity index is 1.33. The molecule has 2 fully saturated rings. The van der Waals surface area contributed by atoms with Crippen molar-refractivity contribution in [1.82, 2.24) is 4.90 Å². The topological polar surface area (TPSA) is 66.8 Å². The molecule has 168 valence electrons. The summed E-state index contributed by atoms with van der Waals surface area (Å²) in [5.74, 6) is -4.04. The highest BCUT2D eigenvalue weighted by Gasteiger charge is 2.57. The molecule has 1 heterocycles. The second kappa shape index (κ2) is 7.57. The maximum Gasteiger partial charge on any atom is 0.410 e. The Kier molecular flexibility index (Phi) is 4.95. The third-order valence-corrected chi connectivity index (χ3v) is 7.52. The first-order valence-electron chi connectivity index (χ1n) is 11.0. The van der Waals surface area contributed by atoms with Crippen LogP contribution in [0.3, 0.4) is 0 Å². The molecular formula is C25H25F2NO4. The maximum atomic E-state index is 13.7. The molecule has 3 aliphatic rings. The Labute approximate surface area is 185 Å². The van der Waals surface area contributed by atoms with E-state index in [0.29, 0.717) is 6.42 Å². The summed E-state index contributed by atoms with van der Waals surface area (Å²) in [5.41, 5.74) is 3.55. The molecule has 5 rings (SSSR count). The lowest BCUT2D eigenvalue weighted by Gasteiger charge is -2.40. The van der Waals surface area contributed by atoms with E-state index in [4.69, 9.17) is 4.74 Å². The van der Waals surface area contributed by atoms with Crippen LogP contribution < -0.4 is 0 Å². The van der Waals surface area contributed by atoms with Crippen LogP contribution in [0.25, 0.3) is 11.1 Å². The number of halogens is 2. The van der Waals surface area contributed by atoms with Crippen LogP contribution in [0, 0.1) is 5.41 Å². The highest BCUT2D eigenvalue weighted by molar-refractivity contribution is 5.82. The van der Waals surface area contributed by atoms with Gasteiger partial charge in [0, 0.05) is 30.7 Å². The summed E-state index contributed by atoms with van der Waals surface area (Å²) in [6, 6.07) is 14.8. The molecule has 0 aromatic heterocycles. The van der Waals surface area contributed by atoms with Crippen LogP contribution in [0.4, 0.5) is 13.6 Å². The van der Waals surface area contributed by atoms with Crippen LogP contribution in [0.5, 0.6) is 0 Å². The molecule has 1 unspecified atom stereocenters. The van der Waals surface area contributed by atoms with Crippen molar-refractivity contribution in [3.05, 3.63) is 59.7 Å². The monoisotopic (exact) mass is 441 g/mol. The zero-order valence-electron chi connectivity index (χ0n) is 17.6. The number of hydrogen-bond acceptors (Lipinski definition) is 3. The van der Waals surface area contributed by atoms with E-state index in [2.05, 4.69) is 0 Å². The maximum absolute atomic E-state index is 13.7. The molecule has 1 N–H and O–H groups in total. The van der Waals surface area contributed by atoms with Crippen LogP contribution in [-0.2, 0) is 9.53 Å². The molecule has 0 radical (unpaired) electrons. The quantitative estimate of drug-likeness (QED) is 0.703. The van der Waals surface area contributed by atoms with Gasteiger partial charge in [-0.3, -0.25) is 4.90 Å². The molecule has 1 amide bonds. The van der Waals surface area contributed by atoms with Crippen molar-refractivity contribution in [3.63, 3.8) is 0 Å². The number of alkyl halides is 2. The first-order valence-corrected chi connectivity index (χ1v) is 11.0. The molecule has 1 saturated carbocycles. The van der Waals surface area contributed by atoms with Crippen molar-refractivity contribution < 1.29 is 28.2 Å². The molecular weight excluding hydrogens is 416 g/mol. The lowest BCUT2D eigenvalue weighted by atomic mass is 9.68. The van der Waals surface area contributed by atoms with Gasteiger partial charge in [-0.15, -0.1) is 0 Å². The van der Waals surface area contributed by atoms with Gasteiger partial charge in [0.2, 0.25) is 5.92 Å². The number of ether oxygens (including phenoxy) is 1. The van der Waals surface area contributed by atoms with Gasteiger partial charge in [0.05, 0.1) is 0 Å². The van der Waals surface area contributed by atoms with E-state index in [0.717, 1.165) is 22.3 Å². The van der Waals surface area contributed by atoms with E-state index in [1.807, 2.05) is 48.5 Å². The molecule has 0 bridgehead atoms. The molecule has 2 aliphatic carbocycles. The fourth-order valence-corrected chi connectivity index (χ4v) is 5.85. The largest absolute Gasteiger partial charge is 0.480 e. The molecule has 1 saturated heterocycles. The molecule has 2 aromatic rings. The van der Waals surface area contributed by atoms with Crippen LogP contribution >= 0.6 is 0 Å². The van der Waals surface area contributed by atoms with Crippen molar-refractivity contribution in [1.29, 1.82) is 0 Å². The van der Waals surface area contributed by atoms with Gasteiger partial charge in [-0.25, -0.2) is 18.4 Å². The van der Waals surface area contributed by atoms with Crippen molar-refractivity contribution in [2.75, 3.05) is 13.2 Å². The van der Waals surface area contributed by atoms with Gasteiger partial charge in [0.25, 0.3) is 0 Å². The summed E-state index contributed by atoms with van der Waals surface area (Å²) in [4.78, 5) is 26.3. The Morgan fingerprint density at radius 3 is 2.06 bits per heavy atom. The second-order valence-corrected chi connectivity index (χ2v) is 9.21. The second-order valence-electron chi connectivity index (χ2n) is 9.21. The van der Waals surface area contributed by atoms with Gasteiger partial charge >= 0.3 is 12.1 Å². The van der Waals surface area contributed by atoms with E-state index in [9.17, 15) is 23.5 Å². The average molecular weight is 441 g/mol. The average Bonchev–Trinajstić information content (AvgIpc) is 3.31. The Hall–Kier alpha value is -2.96. The van der Waals surface area contributed by atoms with E-state index >= 15 is 0 Å². The number of aliphatic carboxylic acids is 1. The molecule has 2 aromatic carbocycles. The summed E-state index contributed by atoms with van der Waals surface area (Å²) < 4.78 is 33.1. The zero-order chi connectivity index (χ0) is 22.5. The molecule has 32 heavy (non-hydrogen) atoms. The van der Waals surface area contributed by atoms with Gasteiger partial charge in [0.1, 0.15) is 12.6 Å². The first kappa shape index (κ1) is 20.9. The minimum Gasteiger partial charge on any atom is -0.480 e. The highest BCUT2D eigenvalue weighted by Crippen LogP contribution is 2.52. The van der Waals surface area contributed by atoms with Gasteiger partial charge in [-0.05, 0) is 41.5 Å².